The molecule has 1 aromatic heterocycles. The van der Waals surface area contributed by atoms with Crippen molar-refractivity contribution in [2.45, 2.75) is 25.4 Å². The SMILES string of the molecule is CC(O)(CN)CCc1c[nH]c2ccccc12. The Balaban J connectivity index is 2.16. The Labute approximate surface area is 95.3 Å². The van der Waals surface area contributed by atoms with Crippen LogP contribution in [-0.4, -0.2) is 22.2 Å². The molecule has 86 valence electrons. The third-order valence-electron chi connectivity index (χ3n) is 3.05. The van der Waals surface area contributed by atoms with E-state index in [1.807, 2.05) is 18.3 Å². The summed E-state index contributed by atoms with van der Waals surface area (Å²) in [5.74, 6) is 0. The van der Waals surface area contributed by atoms with Gasteiger partial charge in [-0.15, -0.1) is 0 Å². The van der Waals surface area contributed by atoms with E-state index in [-0.39, 0.29) is 0 Å². The van der Waals surface area contributed by atoms with Crippen LogP contribution in [0.1, 0.15) is 18.9 Å². The minimum absolute atomic E-state index is 0.301. The summed E-state index contributed by atoms with van der Waals surface area (Å²) in [6.07, 6.45) is 3.54. The van der Waals surface area contributed by atoms with Gasteiger partial charge < -0.3 is 15.8 Å². The maximum Gasteiger partial charge on any atom is 0.0744 e. The van der Waals surface area contributed by atoms with Gasteiger partial charge in [0.05, 0.1) is 5.60 Å². The van der Waals surface area contributed by atoms with Crippen LogP contribution in [0.4, 0.5) is 0 Å². The lowest BCUT2D eigenvalue weighted by atomic mass is 9.97. The molecule has 0 aliphatic rings. The molecule has 0 fully saturated rings. The normalized spacial score (nSPS) is 15.2. The molecule has 0 saturated heterocycles. The lowest BCUT2D eigenvalue weighted by Gasteiger charge is -2.20. The van der Waals surface area contributed by atoms with Gasteiger partial charge in [0.25, 0.3) is 0 Å². The smallest absolute Gasteiger partial charge is 0.0744 e. The standard InChI is InChI=1S/C13H18N2O/c1-13(16,9-14)7-6-10-8-15-12-5-3-2-4-11(10)12/h2-5,8,15-16H,6-7,9,14H2,1H3. The molecule has 3 heteroatoms. The number of fused-ring (bicyclic) bond motifs is 1. The van der Waals surface area contributed by atoms with Gasteiger partial charge in [-0.1, -0.05) is 18.2 Å². The van der Waals surface area contributed by atoms with Crippen molar-refractivity contribution < 1.29 is 5.11 Å². The van der Waals surface area contributed by atoms with Gasteiger partial charge in [0.1, 0.15) is 0 Å². The molecule has 1 atom stereocenters. The van der Waals surface area contributed by atoms with Crippen LogP contribution in [-0.2, 0) is 6.42 Å². The van der Waals surface area contributed by atoms with Gasteiger partial charge in [-0.05, 0) is 31.4 Å². The molecule has 0 radical (unpaired) electrons. The van der Waals surface area contributed by atoms with Crippen molar-refractivity contribution in [3.05, 3.63) is 36.0 Å². The molecule has 3 nitrogen and oxygen atoms in total. The highest BCUT2D eigenvalue weighted by Gasteiger charge is 2.18. The van der Waals surface area contributed by atoms with Crippen LogP contribution < -0.4 is 5.73 Å². The van der Waals surface area contributed by atoms with E-state index >= 15 is 0 Å². The molecule has 0 aliphatic heterocycles. The molecule has 16 heavy (non-hydrogen) atoms. The first-order valence-electron chi connectivity index (χ1n) is 5.60. The molecule has 2 aromatic rings. The average Bonchev–Trinajstić information content (AvgIpc) is 2.70. The molecule has 0 bridgehead atoms. The van der Waals surface area contributed by atoms with E-state index in [4.69, 9.17) is 5.73 Å². The van der Waals surface area contributed by atoms with Gasteiger partial charge in [0, 0.05) is 23.6 Å². The fourth-order valence-corrected chi connectivity index (χ4v) is 1.84. The summed E-state index contributed by atoms with van der Waals surface area (Å²) < 4.78 is 0. The first-order chi connectivity index (χ1) is 7.62. The van der Waals surface area contributed by atoms with Crippen molar-refractivity contribution in [1.29, 1.82) is 0 Å². The molecule has 0 aliphatic carbocycles. The Morgan fingerprint density at radius 2 is 2.12 bits per heavy atom. The number of rotatable bonds is 4. The molecular weight excluding hydrogens is 200 g/mol. The largest absolute Gasteiger partial charge is 0.389 e. The third kappa shape index (κ3) is 2.26. The molecule has 1 unspecified atom stereocenters. The molecule has 1 heterocycles. The summed E-state index contributed by atoms with van der Waals surface area (Å²) in [6, 6.07) is 8.19. The first-order valence-corrected chi connectivity index (χ1v) is 5.60. The first kappa shape index (κ1) is 11.2. The molecule has 4 N–H and O–H groups in total. The Morgan fingerprint density at radius 3 is 2.88 bits per heavy atom. The van der Waals surface area contributed by atoms with Crippen molar-refractivity contribution in [3.63, 3.8) is 0 Å². The Bertz CT molecular complexity index is 473. The summed E-state index contributed by atoms with van der Waals surface area (Å²) in [6.45, 7) is 2.08. The molecule has 0 saturated carbocycles. The van der Waals surface area contributed by atoms with Crippen molar-refractivity contribution in [1.82, 2.24) is 4.98 Å². The maximum atomic E-state index is 9.86. The second-order valence-corrected chi connectivity index (χ2v) is 4.56. The highest BCUT2D eigenvalue weighted by molar-refractivity contribution is 5.82. The average molecular weight is 218 g/mol. The van der Waals surface area contributed by atoms with Crippen LogP contribution >= 0.6 is 0 Å². The van der Waals surface area contributed by atoms with Gasteiger partial charge in [0.15, 0.2) is 0 Å². The van der Waals surface area contributed by atoms with Crippen LogP contribution in [0.2, 0.25) is 0 Å². The summed E-state index contributed by atoms with van der Waals surface area (Å²) >= 11 is 0. The number of aryl methyl sites for hydroxylation is 1. The van der Waals surface area contributed by atoms with Crippen LogP contribution in [0.5, 0.6) is 0 Å². The summed E-state index contributed by atoms with van der Waals surface area (Å²) in [7, 11) is 0. The van der Waals surface area contributed by atoms with E-state index in [9.17, 15) is 5.11 Å². The Kier molecular flexibility index (Phi) is 2.99. The minimum Gasteiger partial charge on any atom is -0.389 e. The third-order valence-corrected chi connectivity index (χ3v) is 3.05. The van der Waals surface area contributed by atoms with E-state index in [1.165, 1.54) is 10.9 Å². The number of hydrogen-bond acceptors (Lipinski definition) is 2. The van der Waals surface area contributed by atoms with Gasteiger partial charge in [-0.3, -0.25) is 0 Å². The number of aromatic nitrogens is 1. The number of aliphatic hydroxyl groups is 1. The van der Waals surface area contributed by atoms with E-state index in [0.29, 0.717) is 13.0 Å². The number of H-pyrrole nitrogens is 1. The zero-order valence-electron chi connectivity index (χ0n) is 9.53. The van der Waals surface area contributed by atoms with Gasteiger partial charge >= 0.3 is 0 Å². The minimum atomic E-state index is -0.766. The number of hydrogen-bond donors (Lipinski definition) is 3. The van der Waals surface area contributed by atoms with E-state index in [2.05, 4.69) is 17.1 Å². The van der Waals surface area contributed by atoms with E-state index in [0.717, 1.165) is 11.9 Å². The Hall–Kier alpha value is -1.32. The second-order valence-electron chi connectivity index (χ2n) is 4.56. The number of nitrogens with one attached hydrogen (secondary N) is 1. The highest BCUT2D eigenvalue weighted by atomic mass is 16.3. The molecule has 0 spiro atoms. The molecule has 2 rings (SSSR count). The quantitative estimate of drug-likeness (QED) is 0.733. The fraction of sp³-hybridized carbons (Fsp3) is 0.385. The van der Waals surface area contributed by atoms with E-state index in [1.54, 1.807) is 6.92 Å². The predicted molar refractivity (Wildman–Crippen MR) is 66.3 cm³/mol. The van der Waals surface area contributed by atoms with Crippen molar-refractivity contribution in [3.8, 4) is 0 Å². The molecule has 1 aromatic carbocycles. The van der Waals surface area contributed by atoms with Crippen LogP contribution in [0.15, 0.2) is 30.5 Å². The monoisotopic (exact) mass is 218 g/mol. The van der Waals surface area contributed by atoms with Crippen LogP contribution in [0.25, 0.3) is 10.9 Å². The van der Waals surface area contributed by atoms with Crippen LogP contribution in [0.3, 0.4) is 0 Å². The van der Waals surface area contributed by atoms with Crippen LogP contribution in [0, 0.1) is 0 Å². The maximum absolute atomic E-state index is 9.86. The zero-order valence-corrected chi connectivity index (χ0v) is 9.53. The van der Waals surface area contributed by atoms with Crippen molar-refractivity contribution >= 4 is 10.9 Å². The van der Waals surface area contributed by atoms with Gasteiger partial charge in [-0.25, -0.2) is 0 Å². The van der Waals surface area contributed by atoms with Crippen molar-refractivity contribution in [2.24, 2.45) is 5.73 Å². The highest BCUT2D eigenvalue weighted by Crippen LogP contribution is 2.21. The predicted octanol–water partition coefficient (Wildman–Crippen LogP) is 1.81. The van der Waals surface area contributed by atoms with Gasteiger partial charge in [0.2, 0.25) is 0 Å². The number of nitrogens with two attached hydrogens (primary N) is 1. The number of aromatic amines is 1. The second kappa shape index (κ2) is 4.28. The van der Waals surface area contributed by atoms with E-state index < -0.39 is 5.60 Å². The van der Waals surface area contributed by atoms with Gasteiger partial charge in [-0.2, -0.15) is 0 Å². The Morgan fingerprint density at radius 1 is 1.38 bits per heavy atom. The summed E-state index contributed by atoms with van der Waals surface area (Å²) in [4.78, 5) is 3.23. The number of benzene rings is 1. The lowest BCUT2D eigenvalue weighted by Crippen LogP contribution is -2.34. The zero-order chi connectivity index (χ0) is 11.6. The van der Waals surface area contributed by atoms with Crippen molar-refractivity contribution in [2.75, 3.05) is 6.54 Å². The fourth-order valence-electron chi connectivity index (χ4n) is 1.84. The topological polar surface area (TPSA) is 62.0 Å². The molecule has 0 amide bonds. The summed E-state index contributed by atoms with van der Waals surface area (Å²) in [5, 5.41) is 11.1. The molecular formula is C13H18N2O. The summed E-state index contributed by atoms with van der Waals surface area (Å²) in [5.41, 5.74) is 7.12. The number of para-hydroxylation sites is 1. The lowest BCUT2D eigenvalue weighted by molar-refractivity contribution is 0.0604.